The average molecular weight is 366 g/mol. The third kappa shape index (κ3) is 4.49. The van der Waals surface area contributed by atoms with Crippen molar-refractivity contribution in [3.63, 3.8) is 0 Å². The second-order valence-electron chi connectivity index (χ2n) is 7.20. The lowest BCUT2D eigenvalue weighted by atomic mass is 9.90. The van der Waals surface area contributed by atoms with E-state index in [4.69, 9.17) is 9.47 Å². The van der Waals surface area contributed by atoms with Crippen molar-refractivity contribution in [2.75, 3.05) is 13.2 Å². The number of rotatable bonds is 4. The number of amides is 2. The maximum atomic E-state index is 12.7. The number of nitrogens with one attached hydrogen (secondary N) is 2. The Morgan fingerprint density at radius 1 is 0.852 bits per heavy atom. The van der Waals surface area contributed by atoms with Gasteiger partial charge in [0, 0.05) is 6.04 Å². The summed E-state index contributed by atoms with van der Waals surface area (Å²) >= 11 is 0. The van der Waals surface area contributed by atoms with E-state index in [2.05, 4.69) is 10.6 Å². The number of ether oxygens (including phenoxy) is 2. The Morgan fingerprint density at radius 3 is 2.07 bits per heavy atom. The van der Waals surface area contributed by atoms with Gasteiger partial charge in [0.1, 0.15) is 0 Å². The van der Waals surface area contributed by atoms with Gasteiger partial charge in [-0.3, -0.25) is 0 Å². The normalized spacial score (nSPS) is 24.9. The summed E-state index contributed by atoms with van der Waals surface area (Å²) in [5.74, 6) is 0. The zero-order valence-electron chi connectivity index (χ0n) is 15.3. The van der Waals surface area contributed by atoms with E-state index in [9.17, 15) is 4.79 Å². The van der Waals surface area contributed by atoms with Crippen LogP contribution >= 0.6 is 0 Å². The maximum Gasteiger partial charge on any atom is 0.315 e. The fourth-order valence-corrected chi connectivity index (χ4v) is 4.01. The molecule has 0 radical (unpaired) electrons. The number of hydrogen-bond donors (Lipinski definition) is 2. The van der Waals surface area contributed by atoms with E-state index in [1.165, 1.54) is 0 Å². The highest BCUT2D eigenvalue weighted by Crippen LogP contribution is 2.27. The van der Waals surface area contributed by atoms with Gasteiger partial charge in [-0.2, -0.15) is 0 Å². The molecule has 2 N–H and O–H groups in total. The molecule has 2 amide bonds. The van der Waals surface area contributed by atoms with Crippen LogP contribution in [-0.2, 0) is 9.47 Å². The Labute approximate surface area is 160 Å². The van der Waals surface area contributed by atoms with Crippen molar-refractivity contribution in [2.24, 2.45) is 0 Å². The van der Waals surface area contributed by atoms with Crippen LogP contribution in [0.25, 0.3) is 0 Å². The predicted molar refractivity (Wildman–Crippen MR) is 104 cm³/mol. The predicted octanol–water partition coefficient (Wildman–Crippen LogP) is 3.41. The summed E-state index contributed by atoms with van der Waals surface area (Å²) in [5.41, 5.74) is 2.12. The first-order chi connectivity index (χ1) is 13.3. The minimum Gasteiger partial charge on any atom is -0.373 e. The van der Waals surface area contributed by atoms with E-state index in [-0.39, 0.29) is 30.3 Å². The molecule has 2 aliphatic rings. The van der Waals surface area contributed by atoms with Gasteiger partial charge in [0.15, 0.2) is 0 Å². The van der Waals surface area contributed by atoms with Crippen molar-refractivity contribution >= 4 is 6.03 Å². The van der Waals surface area contributed by atoms with Crippen LogP contribution in [0.2, 0.25) is 0 Å². The summed E-state index contributed by atoms with van der Waals surface area (Å²) in [6.45, 7) is 1.32. The van der Waals surface area contributed by atoms with Gasteiger partial charge in [-0.15, -0.1) is 0 Å². The van der Waals surface area contributed by atoms with Crippen LogP contribution in [0.1, 0.15) is 36.4 Å². The van der Waals surface area contributed by atoms with Crippen molar-refractivity contribution in [1.82, 2.24) is 10.6 Å². The molecule has 142 valence electrons. The molecule has 4 rings (SSSR count). The molecule has 1 aliphatic carbocycles. The Hall–Kier alpha value is -2.37. The number of urea groups is 1. The van der Waals surface area contributed by atoms with Crippen LogP contribution in [0, 0.1) is 0 Å². The van der Waals surface area contributed by atoms with Gasteiger partial charge < -0.3 is 20.1 Å². The number of benzene rings is 2. The Balaban J connectivity index is 1.41. The lowest BCUT2D eigenvalue weighted by Crippen LogP contribution is -2.51. The number of carbonyl (C=O) groups is 1. The summed E-state index contributed by atoms with van der Waals surface area (Å²) in [6, 6.07) is 19.9. The molecule has 2 aromatic carbocycles. The highest BCUT2D eigenvalue weighted by molar-refractivity contribution is 5.75. The lowest BCUT2D eigenvalue weighted by Gasteiger charge is -2.39. The fourth-order valence-electron chi connectivity index (χ4n) is 4.01. The summed E-state index contributed by atoms with van der Waals surface area (Å²) in [7, 11) is 0. The fraction of sp³-hybridized carbons (Fsp3) is 0.409. The molecular formula is C22H26N2O3. The van der Waals surface area contributed by atoms with Gasteiger partial charge in [-0.25, -0.2) is 4.79 Å². The molecule has 1 heterocycles. The van der Waals surface area contributed by atoms with Gasteiger partial charge >= 0.3 is 6.03 Å². The third-order valence-corrected chi connectivity index (χ3v) is 5.35. The SMILES string of the molecule is O=C(NC1CCC2OCCOC2C1)NC(c1ccccc1)c1ccccc1. The molecule has 1 aliphatic heterocycles. The van der Waals surface area contributed by atoms with Crippen LogP contribution in [0.5, 0.6) is 0 Å². The first-order valence-electron chi connectivity index (χ1n) is 9.70. The highest BCUT2D eigenvalue weighted by Gasteiger charge is 2.34. The monoisotopic (exact) mass is 366 g/mol. The van der Waals surface area contributed by atoms with Crippen molar-refractivity contribution < 1.29 is 14.3 Å². The second kappa shape index (κ2) is 8.55. The zero-order valence-corrected chi connectivity index (χ0v) is 15.3. The third-order valence-electron chi connectivity index (χ3n) is 5.35. The molecule has 3 unspecified atom stereocenters. The molecular weight excluding hydrogens is 340 g/mol. The molecule has 5 nitrogen and oxygen atoms in total. The van der Waals surface area contributed by atoms with E-state index in [1.54, 1.807) is 0 Å². The van der Waals surface area contributed by atoms with Crippen LogP contribution in [0.4, 0.5) is 4.79 Å². The molecule has 0 aromatic heterocycles. The number of fused-ring (bicyclic) bond motifs is 1. The number of hydrogen-bond acceptors (Lipinski definition) is 3. The first-order valence-corrected chi connectivity index (χ1v) is 9.70. The van der Waals surface area contributed by atoms with Crippen molar-refractivity contribution in [3.8, 4) is 0 Å². The van der Waals surface area contributed by atoms with Gasteiger partial charge in [0.05, 0.1) is 31.5 Å². The van der Waals surface area contributed by atoms with Crippen molar-refractivity contribution in [2.45, 2.75) is 43.6 Å². The first kappa shape index (κ1) is 18.0. The van der Waals surface area contributed by atoms with E-state index in [1.807, 2.05) is 60.7 Å². The number of carbonyl (C=O) groups excluding carboxylic acids is 1. The molecule has 27 heavy (non-hydrogen) atoms. The standard InChI is InChI=1S/C22H26N2O3/c25-22(23-18-11-12-19-20(15-18)27-14-13-26-19)24-21(16-7-3-1-4-8-16)17-9-5-2-6-10-17/h1-10,18-21H,11-15H2,(H2,23,24,25). The molecule has 3 atom stereocenters. The average Bonchev–Trinajstić information content (AvgIpc) is 2.73. The molecule has 2 aromatic rings. The highest BCUT2D eigenvalue weighted by atomic mass is 16.6. The lowest BCUT2D eigenvalue weighted by molar-refractivity contribution is -0.157. The summed E-state index contributed by atoms with van der Waals surface area (Å²) in [6.07, 6.45) is 2.92. The van der Waals surface area contributed by atoms with E-state index >= 15 is 0 Å². The Kier molecular flexibility index (Phi) is 5.70. The summed E-state index contributed by atoms with van der Waals surface area (Å²) in [4.78, 5) is 12.7. The van der Waals surface area contributed by atoms with Crippen molar-refractivity contribution in [3.05, 3.63) is 71.8 Å². The minimum atomic E-state index is -0.182. The van der Waals surface area contributed by atoms with Crippen molar-refractivity contribution in [1.29, 1.82) is 0 Å². The van der Waals surface area contributed by atoms with Gasteiger partial charge in [-0.1, -0.05) is 60.7 Å². The smallest absolute Gasteiger partial charge is 0.315 e. The molecule has 2 fully saturated rings. The largest absolute Gasteiger partial charge is 0.373 e. The molecule has 0 bridgehead atoms. The molecule has 1 saturated heterocycles. The van der Waals surface area contributed by atoms with Gasteiger partial charge in [0.25, 0.3) is 0 Å². The summed E-state index contributed by atoms with van der Waals surface area (Å²) in [5, 5.41) is 6.28. The van der Waals surface area contributed by atoms with Gasteiger partial charge in [0.2, 0.25) is 0 Å². The minimum absolute atomic E-state index is 0.0943. The summed E-state index contributed by atoms with van der Waals surface area (Å²) < 4.78 is 11.6. The van der Waals surface area contributed by atoms with E-state index < -0.39 is 0 Å². The Bertz CT molecular complexity index is 698. The zero-order chi connectivity index (χ0) is 18.5. The van der Waals surface area contributed by atoms with Crippen LogP contribution in [0.3, 0.4) is 0 Å². The Morgan fingerprint density at radius 2 is 1.44 bits per heavy atom. The van der Waals surface area contributed by atoms with E-state index in [0.717, 1.165) is 30.4 Å². The second-order valence-corrected chi connectivity index (χ2v) is 7.20. The molecule has 1 saturated carbocycles. The van der Waals surface area contributed by atoms with Crippen LogP contribution in [0.15, 0.2) is 60.7 Å². The molecule has 5 heteroatoms. The van der Waals surface area contributed by atoms with Gasteiger partial charge in [-0.05, 0) is 30.4 Å². The topological polar surface area (TPSA) is 59.6 Å². The van der Waals surface area contributed by atoms with Crippen LogP contribution < -0.4 is 10.6 Å². The van der Waals surface area contributed by atoms with E-state index in [0.29, 0.717) is 13.2 Å². The maximum absolute atomic E-state index is 12.7. The molecule has 0 spiro atoms. The quantitative estimate of drug-likeness (QED) is 0.872. The van der Waals surface area contributed by atoms with Crippen LogP contribution in [-0.4, -0.2) is 37.5 Å².